The van der Waals surface area contributed by atoms with Gasteiger partial charge in [-0.1, -0.05) is 33.7 Å². The van der Waals surface area contributed by atoms with Gasteiger partial charge in [0, 0.05) is 9.35 Å². The lowest BCUT2D eigenvalue weighted by Crippen LogP contribution is -2.29. The highest BCUT2D eigenvalue weighted by molar-refractivity contribution is 9.10. The minimum atomic E-state index is -4.22. The maximum atomic E-state index is 12.8. The van der Waals surface area contributed by atoms with E-state index in [9.17, 15) is 27.6 Å². The number of hydrogen-bond donors (Lipinski definition) is 1. The highest BCUT2D eigenvalue weighted by Crippen LogP contribution is 2.38. The molecule has 41 heavy (non-hydrogen) atoms. The maximum Gasteiger partial charge on any atom is 0.341 e. The van der Waals surface area contributed by atoms with E-state index in [0.717, 1.165) is 51.9 Å². The first-order valence-corrected chi connectivity index (χ1v) is 17.0. The summed E-state index contributed by atoms with van der Waals surface area (Å²) in [4.78, 5) is 55.3. The predicted octanol–water partition coefficient (Wildman–Crippen LogP) is 3.63. The summed E-state index contributed by atoms with van der Waals surface area (Å²) in [5.41, 5.74) is 1.73. The molecule has 1 aliphatic carbocycles. The second-order valence-corrected chi connectivity index (χ2v) is 14.3. The van der Waals surface area contributed by atoms with Crippen LogP contribution in [0.25, 0.3) is 10.2 Å². The first kappa shape index (κ1) is 31.1. The SMILES string of the molecule is CCOC(=O)c1c(NC(=O)CS(=O)(=O)CC(=O)N=c2sc3cc(Br)ccc3n2CC(=O)OC)sc2c1CCCCC2. The number of amides is 2. The third-order valence-electron chi connectivity index (χ3n) is 6.23. The molecule has 0 bridgehead atoms. The number of thiazole rings is 1. The molecule has 11 nitrogen and oxygen atoms in total. The molecule has 1 aromatic carbocycles. The smallest absolute Gasteiger partial charge is 0.341 e. The second-order valence-electron chi connectivity index (χ2n) is 9.23. The molecule has 15 heteroatoms. The topological polar surface area (TPSA) is 150 Å². The van der Waals surface area contributed by atoms with Gasteiger partial charge in [0.25, 0.3) is 5.91 Å². The molecule has 0 atom stereocenters. The number of ether oxygens (including phenoxy) is 2. The lowest BCUT2D eigenvalue weighted by Gasteiger charge is -2.08. The number of carbonyl (C=O) groups excluding carboxylic acids is 4. The van der Waals surface area contributed by atoms with Crippen LogP contribution in [-0.4, -0.2) is 62.0 Å². The summed E-state index contributed by atoms with van der Waals surface area (Å²) in [7, 11) is -2.99. The molecule has 0 unspecified atom stereocenters. The van der Waals surface area contributed by atoms with Gasteiger partial charge in [0.15, 0.2) is 14.6 Å². The van der Waals surface area contributed by atoms with Crippen molar-refractivity contribution in [1.29, 1.82) is 0 Å². The Kier molecular flexibility index (Phi) is 10.2. The van der Waals surface area contributed by atoms with Crippen molar-refractivity contribution in [1.82, 2.24) is 4.57 Å². The van der Waals surface area contributed by atoms with Gasteiger partial charge in [-0.25, -0.2) is 13.2 Å². The molecule has 1 N–H and O–H groups in total. The zero-order chi connectivity index (χ0) is 29.7. The summed E-state index contributed by atoms with van der Waals surface area (Å²) in [5.74, 6) is -4.97. The van der Waals surface area contributed by atoms with Crippen LogP contribution in [0.4, 0.5) is 5.00 Å². The van der Waals surface area contributed by atoms with E-state index in [0.29, 0.717) is 16.6 Å². The number of thiophene rings is 1. The van der Waals surface area contributed by atoms with E-state index in [-0.39, 0.29) is 28.5 Å². The highest BCUT2D eigenvalue weighted by atomic mass is 79.9. The number of hydrogen-bond acceptors (Lipinski definition) is 10. The van der Waals surface area contributed by atoms with Crippen molar-refractivity contribution in [2.24, 2.45) is 4.99 Å². The van der Waals surface area contributed by atoms with E-state index >= 15 is 0 Å². The fraction of sp³-hybridized carbons (Fsp3) is 0.423. The molecule has 0 saturated heterocycles. The van der Waals surface area contributed by atoms with Crippen LogP contribution in [-0.2, 0) is 53.1 Å². The Morgan fingerprint density at radius 2 is 1.85 bits per heavy atom. The summed E-state index contributed by atoms with van der Waals surface area (Å²) in [6.45, 7) is 1.62. The molecule has 0 spiro atoms. The zero-order valence-electron chi connectivity index (χ0n) is 22.4. The number of methoxy groups -OCH3 is 1. The number of nitrogens with one attached hydrogen (secondary N) is 1. The first-order valence-electron chi connectivity index (χ1n) is 12.8. The second kappa shape index (κ2) is 13.4. The number of sulfone groups is 1. The molecule has 2 amide bonds. The predicted molar refractivity (Wildman–Crippen MR) is 159 cm³/mol. The highest BCUT2D eigenvalue weighted by Gasteiger charge is 2.28. The standard InChI is InChI=1S/C26H28BrN3O8S3/c1-3-38-25(34)23-16-7-5-4-6-8-18(16)39-24(23)28-20(31)13-41(35,36)14-21(32)29-26-30(12-22(33)37-2)17-10-9-15(27)11-19(17)40-26/h9-11H,3-8,12-14H2,1-2H3,(H,28,31). The van der Waals surface area contributed by atoms with Crippen LogP contribution in [0.2, 0.25) is 0 Å². The maximum absolute atomic E-state index is 12.8. The summed E-state index contributed by atoms with van der Waals surface area (Å²) in [6, 6.07) is 5.28. The Bertz CT molecular complexity index is 1690. The Morgan fingerprint density at radius 1 is 1.10 bits per heavy atom. The van der Waals surface area contributed by atoms with Gasteiger partial charge in [0.1, 0.15) is 23.1 Å². The largest absolute Gasteiger partial charge is 0.468 e. The number of halogens is 1. The molecule has 4 rings (SSSR count). The van der Waals surface area contributed by atoms with E-state index in [1.54, 1.807) is 25.1 Å². The Balaban J connectivity index is 1.53. The normalized spacial score (nSPS) is 13.9. The van der Waals surface area contributed by atoms with Crippen molar-refractivity contribution in [2.45, 2.75) is 45.6 Å². The summed E-state index contributed by atoms with van der Waals surface area (Å²) < 4.78 is 38.5. The molecule has 220 valence electrons. The molecular formula is C26H28BrN3O8S3. The zero-order valence-corrected chi connectivity index (χ0v) is 26.4. The molecule has 0 fully saturated rings. The number of aryl methyl sites for hydroxylation is 1. The quantitative estimate of drug-likeness (QED) is 0.265. The monoisotopic (exact) mass is 685 g/mol. The van der Waals surface area contributed by atoms with E-state index in [2.05, 4.69) is 26.2 Å². The van der Waals surface area contributed by atoms with Crippen LogP contribution in [0, 0.1) is 0 Å². The minimum Gasteiger partial charge on any atom is -0.468 e. The van der Waals surface area contributed by atoms with Crippen molar-refractivity contribution >= 4 is 87.4 Å². The molecule has 1 aliphatic rings. The number of rotatable bonds is 9. The number of carbonyl (C=O) groups is 4. The van der Waals surface area contributed by atoms with Crippen molar-refractivity contribution < 1.29 is 37.1 Å². The van der Waals surface area contributed by atoms with Gasteiger partial charge in [-0.2, -0.15) is 4.99 Å². The third kappa shape index (κ3) is 7.70. The molecule has 3 aromatic rings. The summed E-state index contributed by atoms with van der Waals surface area (Å²) >= 11 is 5.73. The summed E-state index contributed by atoms with van der Waals surface area (Å²) in [6.07, 6.45) is 4.33. The fourth-order valence-electron chi connectivity index (χ4n) is 4.47. The van der Waals surface area contributed by atoms with Crippen molar-refractivity contribution in [3.63, 3.8) is 0 Å². The van der Waals surface area contributed by atoms with Crippen molar-refractivity contribution in [3.8, 4) is 0 Å². The van der Waals surface area contributed by atoms with Gasteiger partial charge in [0.05, 0.1) is 29.5 Å². The Morgan fingerprint density at radius 3 is 2.59 bits per heavy atom. The van der Waals surface area contributed by atoms with Crippen LogP contribution >= 0.6 is 38.6 Å². The van der Waals surface area contributed by atoms with Crippen LogP contribution < -0.4 is 10.1 Å². The van der Waals surface area contributed by atoms with Crippen LogP contribution in [0.5, 0.6) is 0 Å². The Hall–Kier alpha value is -2.88. The average molecular weight is 687 g/mol. The van der Waals surface area contributed by atoms with Gasteiger partial charge < -0.3 is 19.4 Å². The van der Waals surface area contributed by atoms with Gasteiger partial charge in [-0.05, 0) is 56.4 Å². The van der Waals surface area contributed by atoms with Gasteiger partial charge >= 0.3 is 11.9 Å². The minimum absolute atomic E-state index is 0.118. The van der Waals surface area contributed by atoms with Gasteiger partial charge in [-0.15, -0.1) is 11.3 Å². The lowest BCUT2D eigenvalue weighted by molar-refractivity contribution is -0.141. The van der Waals surface area contributed by atoms with Crippen molar-refractivity contribution in [3.05, 3.63) is 43.5 Å². The number of benzene rings is 1. The number of esters is 2. The molecule has 0 saturated carbocycles. The van der Waals surface area contributed by atoms with Gasteiger partial charge in [-0.3, -0.25) is 14.4 Å². The summed E-state index contributed by atoms with van der Waals surface area (Å²) in [5, 5.41) is 2.82. The van der Waals surface area contributed by atoms with E-state index in [1.807, 2.05) is 0 Å². The number of fused-ring (bicyclic) bond motifs is 2. The molecular weight excluding hydrogens is 658 g/mol. The fourth-order valence-corrected chi connectivity index (χ4v) is 8.38. The van der Waals surface area contributed by atoms with Crippen LogP contribution in [0.1, 0.15) is 47.0 Å². The van der Waals surface area contributed by atoms with Crippen LogP contribution in [0.3, 0.4) is 0 Å². The lowest BCUT2D eigenvalue weighted by atomic mass is 10.1. The van der Waals surface area contributed by atoms with E-state index in [4.69, 9.17) is 9.47 Å². The van der Waals surface area contributed by atoms with Gasteiger partial charge in [0.2, 0.25) is 5.91 Å². The van der Waals surface area contributed by atoms with Crippen molar-refractivity contribution in [2.75, 3.05) is 30.5 Å². The Labute approximate surface area is 252 Å². The molecule has 2 heterocycles. The number of aromatic nitrogens is 1. The molecule has 0 aliphatic heterocycles. The average Bonchev–Trinajstić information content (AvgIpc) is 3.29. The van der Waals surface area contributed by atoms with Crippen LogP contribution in [0.15, 0.2) is 27.7 Å². The molecule has 0 radical (unpaired) electrons. The number of anilines is 1. The first-order chi connectivity index (χ1) is 19.5. The number of nitrogens with zero attached hydrogens (tertiary/aromatic N) is 2. The molecule has 2 aromatic heterocycles. The third-order valence-corrected chi connectivity index (χ3v) is 10.4. The van der Waals surface area contributed by atoms with E-state index < -0.39 is 45.1 Å². The van der Waals surface area contributed by atoms with E-state index in [1.165, 1.54) is 23.0 Å².